The zero-order valence-corrected chi connectivity index (χ0v) is 22.0. The molecule has 0 bridgehead atoms. The van der Waals surface area contributed by atoms with Gasteiger partial charge in [0.15, 0.2) is 11.4 Å². The Hall–Kier alpha value is -3.49. The maximum Gasteiger partial charge on any atom is 0.329 e. The van der Waals surface area contributed by atoms with E-state index in [1.807, 2.05) is 6.92 Å². The fourth-order valence-electron chi connectivity index (χ4n) is 3.54. The highest BCUT2D eigenvalue weighted by atomic mass is 19.1. The number of hydrogen-bond acceptors (Lipinski definition) is 7. The third kappa shape index (κ3) is 7.02. The maximum atomic E-state index is 13.5. The van der Waals surface area contributed by atoms with Crippen LogP contribution in [-0.4, -0.2) is 42.1 Å². The summed E-state index contributed by atoms with van der Waals surface area (Å²) in [5.74, 6) is -3.17. The minimum Gasteiger partial charge on any atom is -0.493 e. The van der Waals surface area contributed by atoms with Crippen LogP contribution >= 0.6 is 0 Å². The number of aryl methyl sites for hydroxylation is 1. The van der Waals surface area contributed by atoms with Gasteiger partial charge in [0.05, 0.1) is 13.0 Å². The molecule has 0 aliphatic carbocycles. The van der Waals surface area contributed by atoms with Crippen LogP contribution in [0.15, 0.2) is 30.5 Å². The number of esters is 2. The molecule has 1 N–H and O–H groups in total. The molecule has 0 spiro atoms. The van der Waals surface area contributed by atoms with E-state index in [0.29, 0.717) is 0 Å². The van der Waals surface area contributed by atoms with E-state index in [-0.39, 0.29) is 34.8 Å². The van der Waals surface area contributed by atoms with Crippen molar-refractivity contribution in [2.75, 3.05) is 7.11 Å². The summed E-state index contributed by atoms with van der Waals surface area (Å²) < 4.78 is 29.8. The minimum atomic E-state index is -0.997. The smallest absolute Gasteiger partial charge is 0.329 e. The first kappa shape index (κ1) is 28.7. The Bertz CT molecular complexity index is 1100. The molecule has 2 aromatic rings. The number of ether oxygens (including phenoxy) is 3. The fraction of sp³-hybridized carbons (Fsp3) is 0.481. The van der Waals surface area contributed by atoms with E-state index >= 15 is 0 Å². The number of halogens is 1. The molecule has 1 aromatic carbocycles. The highest BCUT2D eigenvalue weighted by molar-refractivity contribution is 5.99. The number of rotatable bonds is 10. The van der Waals surface area contributed by atoms with Crippen molar-refractivity contribution in [1.82, 2.24) is 10.3 Å². The monoisotopic (exact) mass is 502 g/mol. The molecule has 0 fully saturated rings. The maximum absolute atomic E-state index is 13.5. The van der Waals surface area contributed by atoms with E-state index in [1.54, 1.807) is 47.6 Å². The Morgan fingerprint density at radius 3 is 2.22 bits per heavy atom. The fourth-order valence-corrected chi connectivity index (χ4v) is 3.54. The Labute approximate surface area is 211 Å². The van der Waals surface area contributed by atoms with Crippen molar-refractivity contribution < 1.29 is 33.0 Å². The number of amides is 1. The van der Waals surface area contributed by atoms with Crippen LogP contribution in [0.25, 0.3) is 0 Å². The summed E-state index contributed by atoms with van der Waals surface area (Å²) in [6.07, 6.45) is 0.801. The zero-order chi connectivity index (χ0) is 27.2. The van der Waals surface area contributed by atoms with Crippen molar-refractivity contribution in [3.63, 3.8) is 0 Å². The second kappa shape index (κ2) is 12.5. The molecular formula is C27H35FN2O6. The van der Waals surface area contributed by atoms with Gasteiger partial charge in [-0.1, -0.05) is 40.7 Å². The highest BCUT2D eigenvalue weighted by Crippen LogP contribution is 2.31. The van der Waals surface area contributed by atoms with Crippen LogP contribution in [0.3, 0.4) is 0 Å². The van der Waals surface area contributed by atoms with Crippen LogP contribution < -0.4 is 14.8 Å². The van der Waals surface area contributed by atoms with Crippen molar-refractivity contribution in [3.05, 3.63) is 53.1 Å². The molecule has 0 radical (unpaired) electrons. The highest BCUT2D eigenvalue weighted by Gasteiger charge is 2.32. The van der Waals surface area contributed by atoms with Gasteiger partial charge in [0, 0.05) is 18.2 Å². The van der Waals surface area contributed by atoms with Crippen molar-refractivity contribution in [2.24, 2.45) is 11.8 Å². The summed E-state index contributed by atoms with van der Waals surface area (Å²) >= 11 is 0. The van der Waals surface area contributed by atoms with Gasteiger partial charge in [-0.05, 0) is 43.0 Å². The zero-order valence-electron chi connectivity index (χ0n) is 22.0. The Morgan fingerprint density at radius 1 is 1.00 bits per heavy atom. The minimum absolute atomic E-state index is 0.124. The Kier molecular flexibility index (Phi) is 9.95. The second-order valence-electron chi connectivity index (χ2n) is 9.39. The second-order valence-corrected chi connectivity index (χ2v) is 9.39. The standard InChI is InChI=1S/C27H35FN2O6/c1-14(2)22(27(33)35-18(7)17(6)20-10-9-19(28)13-16(20)5)30-25(31)23-24(36-26(32)15(3)4)21(34-8)11-12-29-23/h9-15,17-18,22H,1-8H3,(H,30,31)/t17-,18+,22+/m1/s1. The topological polar surface area (TPSA) is 104 Å². The number of methoxy groups -OCH3 is 1. The molecule has 36 heavy (non-hydrogen) atoms. The molecule has 0 saturated carbocycles. The summed E-state index contributed by atoms with van der Waals surface area (Å²) in [7, 11) is 1.38. The van der Waals surface area contributed by atoms with Gasteiger partial charge in [0.1, 0.15) is 18.0 Å². The number of benzene rings is 1. The molecule has 196 valence electrons. The van der Waals surface area contributed by atoms with E-state index in [9.17, 15) is 18.8 Å². The molecule has 1 aromatic heterocycles. The van der Waals surface area contributed by atoms with Crippen LogP contribution in [0, 0.1) is 24.6 Å². The lowest BCUT2D eigenvalue weighted by Crippen LogP contribution is -2.46. The average Bonchev–Trinajstić information content (AvgIpc) is 2.81. The normalized spacial score (nSPS) is 13.6. The molecule has 1 amide bonds. The Balaban J connectivity index is 2.23. The lowest BCUT2D eigenvalue weighted by atomic mass is 9.92. The third-order valence-electron chi connectivity index (χ3n) is 5.91. The van der Waals surface area contributed by atoms with Crippen LogP contribution in [0.5, 0.6) is 11.5 Å². The molecule has 1 heterocycles. The van der Waals surface area contributed by atoms with Gasteiger partial charge in [0.2, 0.25) is 5.75 Å². The lowest BCUT2D eigenvalue weighted by molar-refractivity contribution is -0.152. The average molecular weight is 503 g/mol. The molecular weight excluding hydrogens is 467 g/mol. The predicted molar refractivity (Wildman–Crippen MR) is 132 cm³/mol. The number of carbonyl (C=O) groups excluding carboxylic acids is 3. The number of nitrogens with zero attached hydrogens (tertiary/aromatic N) is 1. The molecule has 0 unspecified atom stereocenters. The number of carbonyl (C=O) groups is 3. The molecule has 0 saturated heterocycles. The number of pyridine rings is 1. The van der Waals surface area contributed by atoms with Crippen molar-refractivity contribution in [1.29, 1.82) is 0 Å². The van der Waals surface area contributed by atoms with Crippen LogP contribution in [0.1, 0.15) is 69.1 Å². The van der Waals surface area contributed by atoms with Gasteiger partial charge in [0.25, 0.3) is 5.91 Å². The lowest BCUT2D eigenvalue weighted by Gasteiger charge is -2.27. The first-order chi connectivity index (χ1) is 16.9. The summed E-state index contributed by atoms with van der Waals surface area (Å²) in [6.45, 7) is 12.3. The van der Waals surface area contributed by atoms with Gasteiger partial charge in [-0.3, -0.25) is 9.59 Å². The molecule has 2 rings (SSSR count). The van der Waals surface area contributed by atoms with Crippen molar-refractivity contribution in [3.8, 4) is 11.5 Å². The van der Waals surface area contributed by atoms with Crippen LogP contribution in [0.4, 0.5) is 4.39 Å². The van der Waals surface area contributed by atoms with E-state index < -0.39 is 35.9 Å². The quantitative estimate of drug-likeness (QED) is 0.474. The van der Waals surface area contributed by atoms with E-state index in [2.05, 4.69) is 10.3 Å². The van der Waals surface area contributed by atoms with Crippen LogP contribution in [0.2, 0.25) is 0 Å². The van der Waals surface area contributed by atoms with Crippen molar-refractivity contribution in [2.45, 2.75) is 66.5 Å². The Morgan fingerprint density at radius 2 is 1.67 bits per heavy atom. The molecule has 0 aliphatic heterocycles. The van der Waals surface area contributed by atoms with E-state index in [0.717, 1.165) is 11.1 Å². The molecule has 8 nitrogen and oxygen atoms in total. The third-order valence-corrected chi connectivity index (χ3v) is 5.91. The van der Waals surface area contributed by atoms with Gasteiger partial charge in [-0.2, -0.15) is 0 Å². The number of nitrogens with one attached hydrogen (secondary N) is 1. The predicted octanol–water partition coefficient (Wildman–Crippen LogP) is 4.59. The first-order valence-corrected chi connectivity index (χ1v) is 11.9. The molecule has 0 aliphatic rings. The van der Waals surface area contributed by atoms with E-state index in [1.165, 1.54) is 31.5 Å². The van der Waals surface area contributed by atoms with Gasteiger partial charge < -0.3 is 19.5 Å². The van der Waals surface area contributed by atoms with Gasteiger partial charge >= 0.3 is 11.9 Å². The number of aromatic nitrogens is 1. The van der Waals surface area contributed by atoms with Crippen molar-refractivity contribution >= 4 is 17.8 Å². The number of hydrogen-bond donors (Lipinski definition) is 1. The molecule has 9 heteroatoms. The van der Waals surface area contributed by atoms with Gasteiger partial charge in [-0.25, -0.2) is 14.2 Å². The summed E-state index contributed by atoms with van der Waals surface area (Å²) in [5, 5.41) is 2.66. The summed E-state index contributed by atoms with van der Waals surface area (Å²) in [5.41, 5.74) is 1.43. The van der Waals surface area contributed by atoms with Gasteiger partial charge in [-0.15, -0.1) is 0 Å². The SMILES string of the molecule is COc1ccnc(C(=O)N[C@H](C(=O)O[C@@H](C)[C@@H](C)c2ccc(F)cc2C)C(C)C)c1OC(=O)C(C)C. The van der Waals surface area contributed by atoms with Crippen LogP contribution in [-0.2, 0) is 14.3 Å². The first-order valence-electron chi connectivity index (χ1n) is 11.9. The summed E-state index contributed by atoms with van der Waals surface area (Å²) in [4.78, 5) is 42.5. The van der Waals surface area contributed by atoms with E-state index in [4.69, 9.17) is 14.2 Å². The largest absolute Gasteiger partial charge is 0.493 e. The summed E-state index contributed by atoms with van der Waals surface area (Å²) in [6, 6.07) is 4.95. The molecule has 3 atom stereocenters.